The molecule has 1 aliphatic carbocycles. The van der Waals surface area contributed by atoms with Crippen molar-refractivity contribution in [3.8, 4) is 11.5 Å². The SMILES string of the molecule is COc1ccc(/C=N/OCC(CN2CCOCC2)OC(=O)c2ccccc2)cc1OC1CCCC1. The number of methoxy groups -OCH3 is 1. The van der Waals surface area contributed by atoms with Gasteiger partial charge in [-0.15, -0.1) is 0 Å². The zero-order valence-corrected chi connectivity index (χ0v) is 20.3. The van der Waals surface area contributed by atoms with E-state index in [1.807, 2.05) is 36.4 Å². The van der Waals surface area contributed by atoms with Gasteiger partial charge in [-0.2, -0.15) is 0 Å². The molecule has 0 spiro atoms. The molecule has 0 bridgehead atoms. The van der Waals surface area contributed by atoms with E-state index in [9.17, 15) is 4.79 Å². The standard InChI is InChI=1S/C27H34N2O6/c1-31-25-12-11-21(17-26(25)34-23-9-5-6-10-23)18-28-33-20-24(19-29-13-15-32-16-14-29)35-27(30)22-7-3-2-4-8-22/h2-4,7-8,11-12,17-18,23-24H,5-6,9-10,13-16,19-20H2,1H3/b28-18+. The molecule has 2 aromatic rings. The zero-order valence-electron chi connectivity index (χ0n) is 20.3. The summed E-state index contributed by atoms with van der Waals surface area (Å²) in [6.45, 7) is 3.62. The summed E-state index contributed by atoms with van der Waals surface area (Å²) in [5.41, 5.74) is 1.35. The zero-order chi connectivity index (χ0) is 24.3. The summed E-state index contributed by atoms with van der Waals surface area (Å²) in [5.74, 6) is 1.04. The molecule has 1 saturated carbocycles. The van der Waals surface area contributed by atoms with Crippen LogP contribution >= 0.6 is 0 Å². The van der Waals surface area contributed by atoms with Gasteiger partial charge in [0.15, 0.2) is 24.2 Å². The molecule has 2 fully saturated rings. The van der Waals surface area contributed by atoms with Crippen molar-refractivity contribution < 1.29 is 28.6 Å². The van der Waals surface area contributed by atoms with Crippen molar-refractivity contribution in [2.24, 2.45) is 5.16 Å². The average molecular weight is 483 g/mol. The lowest BCUT2D eigenvalue weighted by Gasteiger charge is -2.29. The molecule has 2 aliphatic rings. The number of morpholine rings is 1. The Bertz CT molecular complexity index is 955. The van der Waals surface area contributed by atoms with Gasteiger partial charge >= 0.3 is 5.97 Å². The highest BCUT2D eigenvalue weighted by Crippen LogP contribution is 2.32. The Hall–Kier alpha value is -3.10. The smallest absolute Gasteiger partial charge is 0.338 e. The Kier molecular flexibility index (Phi) is 9.37. The maximum Gasteiger partial charge on any atom is 0.338 e. The molecule has 1 heterocycles. The monoisotopic (exact) mass is 482 g/mol. The van der Waals surface area contributed by atoms with Crippen molar-refractivity contribution in [2.45, 2.75) is 37.9 Å². The summed E-state index contributed by atoms with van der Waals surface area (Å²) in [6.07, 6.45) is 5.92. The molecule has 1 aliphatic heterocycles. The lowest BCUT2D eigenvalue weighted by Crippen LogP contribution is -2.43. The Labute approximate surface area is 206 Å². The van der Waals surface area contributed by atoms with Gasteiger partial charge in [0.1, 0.15) is 0 Å². The third-order valence-corrected chi connectivity index (χ3v) is 6.17. The molecule has 35 heavy (non-hydrogen) atoms. The molecule has 1 saturated heterocycles. The van der Waals surface area contributed by atoms with Gasteiger partial charge in [-0.05, 0) is 56.0 Å². The lowest BCUT2D eigenvalue weighted by atomic mass is 10.2. The van der Waals surface area contributed by atoms with Gasteiger partial charge in [0.05, 0.1) is 38.2 Å². The van der Waals surface area contributed by atoms with Crippen molar-refractivity contribution in [1.29, 1.82) is 0 Å². The van der Waals surface area contributed by atoms with Crippen LogP contribution in [0.5, 0.6) is 11.5 Å². The number of rotatable bonds is 11. The van der Waals surface area contributed by atoms with Crippen LogP contribution in [0.25, 0.3) is 0 Å². The number of esters is 1. The summed E-state index contributed by atoms with van der Waals surface area (Å²) in [4.78, 5) is 20.4. The number of carbonyl (C=O) groups is 1. The number of hydrogen-bond acceptors (Lipinski definition) is 8. The Morgan fingerprint density at radius 3 is 2.63 bits per heavy atom. The first kappa shape index (κ1) is 25.0. The van der Waals surface area contributed by atoms with Crippen molar-refractivity contribution >= 4 is 12.2 Å². The Morgan fingerprint density at radius 2 is 1.89 bits per heavy atom. The minimum absolute atomic E-state index is 0.147. The van der Waals surface area contributed by atoms with Crippen LogP contribution in [0.2, 0.25) is 0 Å². The van der Waals surface area contributed by atoms with Crippen molar-refractivity contribution in [3.63, 3.8) is 0 Å². The normalized spacial score (nSPS) is 17.9. The number of benzene rings is 2. The van der Waals surface area contributed by atoms with E-state index in [0.717, 1.165) is 31.5 Å². The topological polar surface area (TPSA) is 78.8 Å². The van der Waals surface area contributed by atoms with E-state index < -0.39 is 6.10 Å². The molecule has 4 rings (SSSR count). The van der Waals surface area contributed by atoms with E-state index in [2.05, 4.69) is 10.1 Å². The first-order chi connectivity index (χ1) is 17.2. The quantitative estimate of drug-likeness (QED) is 0.273. The molecule has 188 valence electrons. The first-order valence-corrected chi connectivity index (χ1v) is 12.3. The third kappa shape index (κ3) is 7.70. The Balaban J connectivity index is 1.35. The van der Waals surface area contributed by atoms with E-state index in [4.69, 9.17) is 23.8 Å². The van der Waals surface area contributed by atoms with E-state index in [-0.39, 0.29) is 18.7 Å². The summed E-state index contributed by atoms with van der Waals surface area (Å²) in [5, 5.41) is 4.13. The lowest BCUT2D eigenvalue weighted by molar-refractivity contribution is -0.0312. The molecule has 0 radical (unpaired) electrons. The molecule has 1 unspecified atom stereocenters. The largest absolute Gasteiger partial charge is 0.493 e. The predicted molar refractivity (Wildman–Crippen MR) is 132 cm³/mol. The van der Waals surface area contributed by atoms with Crippen molar-refractivity contribution in [3.05, 3.63) is 59.7 Å². The van der Waals surface area contributed by atoms with Gasteiger partial charge in [-0.1, -0.05) is 23.4 Å². The average Bonchev–Trinajstić information content (AvgIpc) is 3.41. The molecule has 0 amide bonds. The van der Waals surface area contributed by atoms with E-state index in [0.29, 0.717) is 36.8 Å². The predicted octanol–water partition coefficient (Wildman–Crippen LogP) is 3.92. The fourth-order valence-corrected chi connectivity index (χ4v) is 4.27. The maximum absolute atomic E-state index is 12.6. The second-order valence-corrected chi connectivity index (χ2v) is 8.77. The van der Waals surface area contributed by atoms with Crippen LogP contribution in [0.15, 0.2) is 53.7 Å². The third-order valence-electron chi connectivity index (χ3n) is 6.17. The second kappa shape index (κ2) is 13.1. The highest BCUT2D eigenvalue weighted by molar-refractivity contribution is 5.89. The van der Waals surface area contributed by atoms with Gasteiger partial charge in [-0.25, -0.2) is 4.79 Å². The van der Waals surface area contributed by atoms with E-state index >= 15 is 0 Å². The summed E-state index contributed by atoms with van der Waals surface area (Å²) in [6, 6.07) is 14.6. The number of nitrogens with zero attached hydrogens (tertiary/aromatic N) is 2. The van der Waals surface area contributed by atoms with Gasteiger partial charge in [0.25, 0.3) is 0 Å². The summed E-state index contributed by atoms with van der Waals surface area (Å²) < 4.78 is 22.8. The van der Waals surface area contributed by atoms with Crippen molar-refractivity contribution in [1.82, 2.24) is 4.90 Å². The van der Waals surface area contributed by atoms with Gasteiger partial charge in [-0.3, -0.25) is 4.90 Å². The maximum atomic E-state index is 12.6. The second-order valence-electron chi connectivity index (χ2n) is 8.77. The number of oxime groups is 1. The van der Waals surface area contributed by atoms with Crippen LogP contribution in [0.3, 0.4) is 0 Å². The minimum Gasteiger partial charge on any atom is -0.493 e. The number of ether oxygens (including phenoxy) is 4. The Morgan fingerprint density at radius 1 is 1.11 bits per heavy atom. The van der Waals surface area contributed by atoms with Crippen LogP contribution in [-0.4, -0.2) is 75.9 Å². The van der Waals surface area contributed by atoms with Gasteiger partial charge in [0.2, 0.25) is 0 Å². The highest BCUT2D eigenvalue weighted by Gasteiger charge is 2.22. The fourth-order valence-electron chi connectivity index (χ4n) is 4.27. The van der Waals surface area contributed by atoms with Crippen LogP contribution in [0.4, 0.5) is 0 Å². The van der Waals surface area contributed by atoms with Crippen LogP contribution in [0.1, 0.15) is 41.6 Å². The molecule has 0 aromatic heterocycles. The molecule has 2 aromatic carbocycles. The molecular weight excluding hydrogens is 448 g/mol. The van der Waals surface area contributed by atoms with Crippen molar-refractivity contribution in [2.75, 3.05) is 46.6 Å². The molecular formula is C27H34N2O6. The summed E-state index contributed by atoms with van der Waals surface area (Å²) in [7, 11) is 1.64. The van der Waals surface area contributed by atoms with E-state index in [1.165, 1.54) is 12.8 Å². The van der Waals surface area contributed by atoms with Crippen LogP contribution in [0, 0.1) is 0 Å². The van der Waals surface area contributed by atoms with Crippen LogP contribution < -0.4 is 9.47 Å². The number of hydrogen-bond donors (Lipinski definition) is 0. The molecule has 8 nitrogen and oxygen atoms in total. The minimum atomic E-state index is -0.463. The molecule has 8 heteroatoms. The molecule has 0 N–H and O–H groups in total. The van der Waals surface area contributed by atoms with Gasteiger partial charge in [0, 0.05) is 25.2 Å². The fraction of sp³-hybridized carbons (Fsp3) is 0.481. The van der Waals surface area contributed by atoms with E-state index in [1.54, 1.807) is 25.5 Å². The highest BCUT2D eigenvalue weighted by atomic mass is 16.6. The number of carbonyl (C=O) groups excluding carboxylic acids is 1. The summed E-state index contributed by atoms with van der Waals surface area (Å²) >= 11 is 0. The van der Waals surface area contributed by atoms with Crippen LogP contribution in [-0.2, 0) is 14.3 Å². The molecule has 1 atom stereocenters. The first-order valence-electron chi connectivity index (χ1n) is 12.3. The van der Waals surface area contributed by atoms with Gasteiger partial charge < -0.3 is 23.8 Å².